The van der Waals surface area contributed by atoms with E-state index in [0.717, 1.165) is 5.56 Å². The number of ether oxygens (including phenoxy) is 2. The van der Waals surface area contributed by atoms with E-state index in [9.17, 15) is 9.59 Å². The van der Waals surface area contributed by atoms with Crippen molar-refractivity contribution in [2.24, 2.45) is 5.41 Å². The highest BCUT2D eigenvalue weighted by Crippen LogP contribution is 2.31. The molecule has 0 saturated heterocycles. The summed E-state index contributed by atoms with van der Waals surface area (Å²) in [5.41, 5.74) is -0.606. The van der Waals surface area contributed by atoms with E-state index in [-0.39, 0.29) is 26.1 Å². The van der Waals surface area contributed by atoms with Crippen molar-refractivity contribution in [3.05, 3.63) is 48.0 Å². The van der Waals surface area contributed by atoms with Gasteiger partial charge in [0.05, 0.1) is 13.2 Å². The summed E-state index contributed by atoms with van der Waals surface area (Å²) >= 11 is 0. The van der Waals surface area contributed by atoms with Crippen LogP contribution in [0.4, 0.5) is 0 Å². The average Bonchev–Trinajstić information content (AvgIpc) is 2.59. The van der Waals surface area contributed by atoms with Gasteiger partial charge in [0.2, 0.25) is 0 Å². The van der Waals surface area contributed by atoms with Crippen LogP contribution in [0.2, 0.25) is 0 Å². The molecule has 4 heteroatoms. The molecular weight excluding hydrogens is 304 g/mol. The van der Waals surface area contributed by atoms with Crippen molar-refractivity contribution >= 4 is 11.9 Å². The monoisotopic (exact) mass is 328 g/mol. The van der Waals surface area contributed by atoms with Crippen LogP contribution in [0.15, 0.2) is 42.5 Å². The molecule has 0 aliphatic carbocycles. The van der Waals surface area contributed by atoms with Crippen molar-refractivity contribution in [2.45, 2.75) is 33.6 Å². The summed E-state index contributed by atoms with van der Waals surface area (Å²) in [5.74, 6) is 4.74. The van der Waals surface area contributed by atoms with Crippen LogP contribution < -0.4 is 0 Å². The fourth-order valence-corrected chi connectivity index (χ4v) is 2.14. The van der Waals surface area contributed by atoms with Crippen molar-refractivity contribution in [3.63, 3.8) is 0 Å². The van der Waals surface area contributed by atoms with Gasteiger partial charge in [-0.2, -0.15) is 0 Å². The Labute approximate surface area is 143 Å². The summed E-state index contributed by atoms with van der Waals surface area (Å²) in [4.78, 5) is 25.0. The normalized spacial score (nSPS) is 10.8. The third-order valence-electron chi connectivity index (χ3n) is 3.43. The van der Waals surface area contributed by atoms with Gasteiger partial charge in [0.25, 0.3) is 0 Å². The lowest BCUT2D eigenvalue weighted by Crippen LogP contribution is -2.41. The maximum absolute atomic E-state index is 12.5. The largest absolute Gasteiger partial charge is 0.465 e. The van der Waals surface area contributed by atoms with Crippen molar-refractivity contribution < 1.29 is 19.1 Å². The van der Waals surface area contributed by atoms with Crippen LogP contribution in [-0.2, 0) is 19.1 Å². The second-order valence-electron chi connectivity index (χ2n) is 5.14. The number of hydrogen-bond donors (Lipinski definition) is 0. The zero-order valence-corrected chi connectivity index (χ0v) is 14.5. The van der Waals surface area contributed by atoms with Crippen molar-refractivity contribution in [2.75, 3.05) is 13.2 Å². The van der Waals surface area contributed by atoms with E-state index >= 15 is 0 Å². The van der Waals surface area contributed by atoms with Gasteiger partial charge in [-0.05, 0) is 39.3 Å². The topological polar surface area (TPSA) is 52.6 Å². The molecule has 0 heterocycles. The lowest BCUT2D eigenvalue weighted by Gasteiger charge is -2.26. The van der Waals surface area contributed by atoms with Gasteiger partial charge in [0, 0.05) is 12.0 Å². The third kappa shape index (κ3) is 5.27. The van der Waals surface area contributed by atoms with Gasteiger partial charge in [0.15, 0.2) is 5.41 Å². The summed E-state index contributed by atoms with van der Waals surface area (Å²) in [7, 11) is 0. The molecule has 0 N–H and O–H groups in total. The van der Waals surface area contributed by atoms with Crippen LogP contribution in [0, 0.1) is 17.3 Å². The minimum absolute atomic E-state index is 0.0455. The molecule has 4 nitrogen and oxygen atoms in total. The molecule has 0 bridgehead atoms. The Morgan fingerprint density at radius 2 is 1.67 bits per heavy atom. The number of rotatable bonds is 7. The van der Waals surface area contributed by atoms with E-state index in [1.165, 1.54) is 0 Å². The Kier molecular flexibility index (Phi) is 8.35. The average molecular weight is 328 g/mol. The smallest absolute Gasteiger partial charge is 0.324 e. The standard InChI is InChI=1S/C20H24O4/c1-4-7-15-20(18(21)23-5-2,19(22)24-6-3)16-11-14-17-12-9-8-10-13-17/h4,7-10,12-13H,5-6,15-16H2,1-3H3/b7-4-. The Morgan fingerprint density at radius 1 is 1.08 bits per heavy atom. The van der Waals surface area contributed by atoms with Gasteiger partial charge < -0.3 is 9.47 Å². The first-order valence-corrected chi connectivity index (χ1v) is 8.10. The van der Waals surface area contributed by atoms with Gasteiger partial charge >= 0.3 is 11.9 Å². The zero-order chi connectivity index (χ0) is 17.8. The van der Waals surface area contributed by atoms with Gasteiger partial charge in [-0.15, -0.1) is 0 Å². The highest BCUT2D eigenvalue weighted by Gasteiger charge is 2.47. The number of esters is 2. The minimum atomic E-state index is -1.43. The maximum Gasteiger partial charge on any atom is 0.324 e. The molecule has 0 aliphatic rings. The second kappa shape index (κ2) is 10.3. The molecule has 1 rings (SSSR count). The molecule has 0 aliphatic heterocycles. The summed E-state index contributed by atoms with van der Waals surface area (Å²) in [6.07, 6.45) is 3.80. The van der Waals surface area contributed by atoms with Crippen molar-refractivity contribution in [3.8, 4) is 11.8 Å². The van der Waals surface area contributed by atoms with Crippen LogP contribution >= 0.6 is 0 Å². The van der Waals surface area contributed by atoms with Crippen molar-refractivity contribution in [1.29, 1.82) is 0 Å². The Morgan fingerprint density at radius 3 is 2.17 bits per heavy atom. The lowest BCUT2D eigenvalue weighted by atomic mass is 9.81. The van der Waals surface area contributed by atoms with Crippen molar-refractivity contribution in [1.82, 2.24) is 0 Å². The molecule has 0 spiro atoms. The van der Waals surface area contributed by atoms with Crippen LogP contribution in [0.3, 0.4) is 0 Å². The van der Waals surface area contributed by atoms with Gasteiger partial charge in [-0.25, -0.2) is 0 Å². The predicted molar refractivity (Wildman–Crippen MR) is 93.1 cm³/mol. The number of carbonyl (C=O) groups excluding carboxylic acids is 2. The molecule has 0 atom stereocenters. The maximum atomic E-state index is 12.5. The third-order valence-corrected chi connectivity index (χ3v) is 3.43. The fourth-order valence-electron chi connectivity index (χ4n) is 2.14. The predicted octanol–water partition coefficient (Wildman–Crippen LogP) is 3.51. The molecule has 0 fully saturated rings. The quantitative estimate of drug-likeness (QED) is 0.333. The van der Waals surface area contributed by atoms with Gasteiger partial charge in [-0.3, -0.25) is 9.59 Å². The van der Waals surface area contributed by atoms with Crippen LogP contribution in [0.25, 0.3) is 0 Å². The van der Waals surface area contributed by atoms with E-state index in [2.05, 4.69) is 11.8 Å². The Bertz CT molecular complexity index is 602. The zero-order valence-electron chi connectivity index (χ0n) is 14.5. The van der Waals surface area contributed by atoms with E-state index in [0.29, 0.717) is 0 Å². The number of hydrogen-bond acceptors (Lipinski definition) is 4. The van der Waals surface area contributed by atoms with Crippen LogP contribution in [0.5, 0.6) is 0 Å². The highest BCUT2D eigenvalue weighted by atomic mass is 16.6. The SMILES string of the molecule is C/C=C\CC(CC#Cc1ccccc1)(C(=O)OCC)C(=O)OCC. The fraction of sp³-hybridized carbons (Fsp3) is 0.400. The molecule has 0 radical (unpaired) electrons. The molecule has 128 valence electrons. The molecule has 1 aromatic carbocycles. The molecule has 0 amide bonds. The molecule has 0 aromatic heterocycles. The molecular formula is C20H24O4. The van der Waals surface area contributed by atoms with Gasteiger partial charge in [0.1, 0.15) is 0 Å². The van der Waals surface area contributed by atoms with Gasteiger partial charge in [-0.1, -0.05) is 42.2 Å². The summed E-state index contributed by atoms with van der Waals surface area (Å²) < 4.78 is 10.3. The molecule has 24 heavy (non-hydrogen) atoms. The molecule has 0 unspecified atom stereocenters. The summed E-state index contributed by atoms with van der Waals surface area (Å²) in [5, 5.41) is 0. The van der Waals surface area contributed by atoms with E-state index in [1.807, 2.05) is 37.3 Å². The first-order valence-electron chi connectivity index (χ1n) is 8.10. The molecule has 0 saturated carbocycles. The number of benzene rings is 1. The molecule has 1 aromatic rings. The first-order chi connectivity index (χ1) is 11.6. The van der Waals surface area contributed by atoms with E-state index < -0.39 is 17.4 Å². The lowest BCUT2D eigenvalue weighted by molar-refractivity contribution is -0.171. The Balaban J connectivity index is 3.15. The second-order valence-corrected chi connectivity index (χ2v) is 5.14. The number of allylic oxidation sites excluding steroid dienone is 2. The number of carbonyl (C=O) groups is 2. The Hall–Kier alpha value is -2.54. The summed E-state index contributed by atoms with van der Waals surface area (Å²) in [6, 6.07) is 9.41. The highest BCUT2D eigenvalue weighted by molar-refractivity contribution is 6.00. The summed E-state index contributed by atoms with van der Waals surface area (Å²) in [6.45, 7) is 5.64. The minimum Gasteiger partial charge on any atom is -0.465 e. The first kappa shape index (κ1) is 19.5. The van der Waals surface area contributed by atoms with E-state index in [1.54, 1.807) is 26.0 Å². The van der Waals surface area contributed by atoms with E-state index in [4.69, 9.17) is 9.47 Å². The van der Waals surface area contributed by atoms with Crippen LogP contribution in [-0.4, -0.2) is 25.2 Å². The van der Waals surface area contributed by atoms with Crippen LogP contribution in [0.1, 0.15) is 39.2 Å².